The highest BCUT2D eigenvalue weighted by Gasteiger charge is 2.43. The molecule has 8 nitrogen and oxygen atoms in total. The summed E-state index contributed by atoms with van der Waals surface area (Å²) in [6.45, 7) is 1.04. The number of carbonyl (C=O) groups excluding carboxylic acids is 2. The summed E-state index contributed by atoms with van der Waals surface area (Å²) < 4.78 is 25.7. The molecule has 3 N–H and O–H groups in total. The number of halogens is 1. The van der Waals surface area contributed by atoms with Gasteiger partial charge in [-0.1, -0.05) is 12.8 Å². The number of hydrogen-bond acceptors (Lipinski definition) is 5. The van der Waals surface area contributed by atoms with Crippen molar-refractivity contribution in [2.75, 3.05) is 25.5 Å². The number of fused-ring (bicyclic) bond motifs is 1. The van der Waals surface area contributed by atoms with Gasteiger partial charge in [-0.3, -0.25) is 4.79 Å². The first-order chi connectivity index (χ1) is 18.8. The molecule has 0 spiro atoms. The lowest BCUT2D eigenvalue weighted by molar-refractivity contribution is -0.125. The van der Waals surface area contributed by atoms with Crippen molar-refractivity contribution in [3.05, 3.63) is 48.3 Å². The van der Waals surface area contributed by atoms with Crippen LogP contribution in [0.1, 0.15) is 57.8 Å². The Labute approximate surface area is 228 Å². The lowest BCUT2D eigenvalue weighted by Crippen LogP contribution is -2.55. The molecule has 3 aliphatic rings. The van der Waals surface area contributed by atoms with Gasteiger partial charge in [0.15, 0.2) is 0 Å². The molecule has 3 amide bonds. The van der Waals surface area contributed by atoms with Gasteiger partial charge in [-0.2, -0.15) is 0 Å². The smallest absolute Gasteiger partial charge is 0.321 e. The number of nitrogens with one attached hydrogen (secondary N) is 2. The number of rotatable bonds is 6. The van der Waals surface area contributed by atoms with E-state index in [1.54, 1.807) is 42.3 Å². The number of amides is 3. The van der Waals surface area contributed by atoms with E-state index in [0.717, 1.165) is 51.4 Å². The van der Waals surface area contributed by atoms with Crippen molar-refractivity contribution in [3.8, 4) is 17.2 Å². The monoisotopic (exact) mass is 539 g/mol. The first kappa shape index (κ1) is 27.2. The van der Waals surface area contributed by atoms with Crippen LogP contribution < -0.4 is 20.1 Å². The van der Waals surface area contributed by atoms with Crippen molar-refractivity contribution < 1.29 is 28.6 Å². The molecule has 2 saturated carbocycles. The summed E-state index contributed by atoms with van der Waals surface area (Å²) >= 11 is 0. The average Bonchev–Trinajstić information content (AvgIpc) is 2.93. The summed E-state index contributed by atoms with van der Waals surface area (Å²) in [5.74, 6) is 1.28. The third-order valence-corrected chi connectivity index (χ3v) is 8.49. The molecule has 9 heteroatoms. The van der Waals surface area contributed by atoms with Gasteiger partial charge in [-0.15, -0.1) is 0 Å². The van der Waals surface area contributed by atoms with E-state index < -0.39 is 5.60 Å². The molecule has 1 aliphatic heterocycles. The highest BCUT2D eigenvalue weighted by Crippen LogP contribution is 2.40. The van der Waals surface area contributed by atoms with Crippen molar-refractivity contribution in [3.63, 3.8) is 0 Å². The number of carbonyl (C=O) groups is 2. The SMILES string of the molecule is CNC(=O)C1CCC(Oc2cc(NC(=O)N3CC[C@@]4(O)CCCC[C@H]4C3)cc(Oc3ccc(F)cc3)c2)CC1. The fourth-order valence-electron chi connectivity index (χ4n) is 6.21. The fourth-order valence-corrected chi connectivity index (χ4v) is 6.21. The zero-order valence-corrected chi connectivity index (χ0v) is 22.5. The van der Waals surface area contributed by atoms with Crippen LogP contribution in [0.3, 0.4) is 0 Å². The normalized spacial score (nSPS) is 26.7. The second-order valence-electron chi connectivity index (χ2n) is 11.1. The summed E-state index contributed by atoms with van der Waals surface area (Å²) in [4.78, 5) is 27.0. The first-order valence-corrected chi connectivity index (χ1v) is 14.1. The summed E-state index contributed by atoms with van der Waals surface area (Å²) in [6, 6.07) is 10.8. The molecule has 1 saturated heterocycles. The number of ether oxygens (including phenoxy) is 2. The summed E-state index contributed by atoms with van der Waals surface area (Å²) in [7, 11) is 1.66. The summed E-state index contributed by atoms with van der Waals surface area (Å²) in [6.07, 6.45) is 7.40. The summed E-state index contributed by atoms with van der Waals surface area (Å²) in [5.41, 5.74) is -0.131. The molecule has 39 heavy (non-hydrogen) atoms. The molecule has 0 bridgehead atoms. The maximum Gasteiger partial charge on any atom is 0.321 e. The number of aliphatic hydroxyl groups is 1. The number of hydrogen-bond donors (Lipinski definition) is 3. The summed E-state index contributed by atoms with van der Waals surface area (Å²) in [5, 5.41) is 16.7. The quantitative estimate of drug-likeness (QED) is 0.453. The molecule has 0 aromatic heterocycles. The number of benzene rings is 2. The van der Waals surface area contributed by atoms with Crippen molar-refractivity contribution in [2.24, 2.45) is 11.8 Å². The second kappa shape index (κ2) is 11.8. The predicted octanol–water partition coefficient (Wildman–Crippen LogP) is 5.46. The Kier molecular flexibility index (Phi) is 8.26. The van der Waals surface area contributed by atoms with Crippen LogP contribution in [-0.2, 0) is 4.79 Å². The highest BCUT2D eigenvalue weighted by molar-refractivity contribution is 5.90. The molecule has 2 aliphatic carbocycles. The van der Waals surface area contributed by atoms with Gasteiger partial charge >= 0.3 is 6.03 Å². The van der Waals surface area contributed by atoms with Gasteiger partial charge in [0.25, 0.3) is 0 Å². The van der Waals surface area contributed by atoms with E-state index in [4.69, 9.17) is 9.47 Å². The van der Waals surface area contributed by atoms with Crippen LogP contribution in [0.15, 0.2) is 42.5 Å². The lowest BCUT2D eigenvalue weighted by atomic mass is 9.71. The minimum absolute atomic E-state index is 0.00390. The standard InChI is InChI=1S/C30H38FN3O5/c1-32-28(35)20-5-9-24(10-6-20)38-26-16-23(17-27(18-26)39-25-11-7-22(31)8-12-25)33-29(36)34-15-14-30(37)13-3-2-4-21(30)19-34/h7-8,11-12,16-18,20-21,24,37H,2-6,9-10,13-15,19H2,1H3,(H,32,35)(H,33,36)/t20?,21-,24?,30-/m0/s1. The van der Waals surface area contributed by atoms with E-state index >= 15 is 0 Å². The lowest BCUT2D eigenvalue weighted by Gasteiger charge is -2.47. The Hall–Kier alpha value is -3.33. The van der Waals surface area contributed by atoms with Crippen molar-refractivity contribution in [1.82, 2.24) is 10.2 Å². The van der Waals surface area contributed by atoms with Crippen LogP contribution >= 0.6 is 0 Å². The second-order valence-corrected chi connectivity index (χ2v) is 11.1. The Bertz CT molecular complexity index is 1170. The topological polar surface area (TPSA) is 100 Å². The molecular formula is C30H38FN3O5. The number of anilines is 1. The van der Waals surface area contributed by atoms with Crippen LogP contribution in [0.2, 0.25) is 0 Å². The fraction of sp³-hybridized carbons (Fsp3) is 0.533. The van der Waals surface area contributed by atoms with E-state index in [1.165, 1.54) is 12.1 Å². The van der Waals surface area contributed by atoms with E-state index in [2.05, 4.69) is 10.6 Å². The average molecular weight is 540 g/mol. The van der Waals surface area contributed by atoms with Gasteiger partial charge in [-0.25, -0.2) is 9.18 Å². The van der Waals surface area contributed by atoms with E-state index in [1.807, 2.05) is 0 Å². The van der Waals surface area contributed by atoms with Crippen LogP contribution in [0.5, 0.6) is 17.2 Å². The Morgan fingerprint density at radius 1 is 0.974 bits per heavy atom. The maximum absolute atomic E-state index is 13.4. The third-order valence-electron chi connectivity index (χ3n) is 8.49. The van der Waals surface area contributed by atoms with Gasteiger partial charge in [0.05, 0.1) is 11.7 Å². The van der Waals surface area contributed by atoms with Crippen LogP contribution in [-0.4, -0.2) is 53.8 Å². The van der Waals surface area contributed by atoms with Crippen molar-refractivity contribution in [2.45, 2.75) is 69.5 Å². The van der Waals surface area contributed by atoms with Gasteiger partial charge < -0.3 is 30.1 Å². The molecule has 2 atom stereocenters. The van der Waals surface area contributed by atoms with Crippen LogP contribution in [0.25, 0.3) is 0 Å². The molecule has 0 radical (unpaired) electrons. The van der Waals surface area contributed by atoms with E-state index in [9.17, 15) is 19.1 Å². The number of piperidine rings is 1. The Morgan fingerprint density at radius 3 is 2.46 bits per heavy atom. The third kappa shape index (κ3) is 6.64. The molecule has 3 fully saturated rings. The highest BCUT2D eigenvalue weighted by atomic mass is 19.1. The molecule has 0 unspecified atom stereocenters. The van der Waals surface area contributed by atoms with Gasteiger partial charge in [0.1, 0.15) is 23.1 Å². The molecule has 5 rings (SSSR count). The zero-order chi connectivity index (χ0) is 27.4. The zero-order valence-electron chi connectivity index (χ0n) is 22.5. The maximum atomic E-state index is 13.4. The Balaban J connectivity index is 1.29. The minimum Gasteiger partial charge on any atom is -0.490 e. The Morgan fingerprint density at radius 2 is 1.72 bits per heavy atom. The van der Waals surface area contributed by atoms with Crippen molar-refractivity contribution in [1.29, 1.82) is 0 Å². The molecule has 210 valence electrons. The van der Waals surface area contributed by atoms with Gasteiger partial charge in [0, 0.05) is 55.9 Å². The van der Waals surface area contributed by atoms with Gasteiger partial charge in [0.2, 0.25) is 5.91 Å². The van der Waals surface area contributed by atoms with Crippen LogP contribution in [0.4, 0.5) is 14.9 Å². The number of urea groups is 1. The van der Waals surface area contributed by atoms with Crippen LogP contribution in [0, 0.1) is 17.7 Å². The number of nitrogens with zero attached hydrogens (tertiary/aromatic N) is 1. The molecular weight excluding hydrogens is 501 g/mol. The minimum atomic E-state index is -0.657. The van der Waals surface area contributed by atoms with E-state index in [0.29, 0.717) is 42.4 Å². The largest absolute Gasteiger partial charge is 0.490 e. The number of likely N-dealkylation sites (tertiary alicyclic amines) is 1. The van der Waals surface area contributed by atoms with E-state index in [-0.39, 0.29) is 35.7 Å². The molecule has 2 aromatic rings. The molecule has 2 aromatic carbocycles. The first-order valence-electron chi connectivity index (χ1n) is 14.1. The van der Waals surface area contributed by atoms with Crippen molar-refractivity contribution >= 4 is 17.6 Å². The molecule has 1 heterocycles. The van der Waals surface area contributed by atoms with Gasteiger partial charge in [-0.05, 0) is 69.2 Å². The predicted molar refractivity (Wildman–Crippen MR) is 145 cm³/mol.